The molecule has 1 aliphatic heterocycles. The van der Waals surface area contributed by atoms with Gasteiger partial charge in [0.25, 0.3) is 0 Å². The number of rotatable bonds is 4. The lowest BCUT2D eigenvalue weighted by atomic mass is 9.79. The predicted octanol–water partition coefficient (Wildman–Crippen LogP) is 19.2. The first-order chi connectivity index (χ1) is 33.3. The van der Waals surface area contributed by atoms with Crippen LogP contribution in [0.2, 0.25) is 0 Å². The molecule has 11 aromatic carbocycles. The van der Waals surface area contributed by atoms with Gasteiger partial charge in [0.05, 0.1) is 0 Å². The van der Waals surface area contributed by atoms with E-state index in [1.165, 1.54) is 138 Å². The molecule has 1 aliphatic carbocycles. The summed E-state index contributed by atoms with van der Waals surface area (Å²) in [5.41, 5.74) is 12.0. The van der Waals surface area contributed by atoms with Crippen molar-refractivity contribution in [3.05, 3.63) is 230 Å². The minimum atomic E-state index is 0.242. The molecule has 0 spiro atoms. The zero-order valence-corrected chi connectivity index (χ0v) is 38.6. The van der Waals surface area contributed by atoms with Crippen molar-refractivity contribution in [2.75, 3.05) is 0 Å². The number of allylic oxidation sites excluding steroid dienone is 3. The molecule has 67 heavy (non-hydrogen) atoms. The maximum atomic E-state index is 2.53. The average Bonchev–Trinajstić information content (AvgIpc) is 4.09. The molecule has 2 aliphatic rings. The van der Waals surface area contributed by atoms with Crippen LogP contribution >= 0.6 is 34.4 Å². The zero-order valence-electron chi connectivity index (χ0n) is 36.2. The van der Waals surface area contributed by atoms with Gasteiger partial charge < -0.3 is 0 Å². The van der Waals surface area contributed by atoms with Crippen LogP contribution in [0.4, 0.5) is 0 Å². The maximum Gasteiger partial charge on any atom is 0.0454 e. The van der Waals surface area contributed by atoms with E-state index in [2.05, 4.69) is 218 Å². The van der Waals surface area contributed by atoms with E-state index < -0.39 is 0 Å². The molecule has 0 N–H and O–H groups in total. The molecule has 0 radical (unpaired) electrons. The highest BCUT2D eigenvalue weighted by molar-refractivity contribution is 8.00. The number of thioether (sulfide) groups is 1. The predicted molar refractivity (Wildman–Crippen MR) is 294 cm³/mol. The van der Waals surface area contributed by atoms with Crippen LogP contribution in [0.15, 0.2) is 223 Å². The van der Waals surface area contributed by atoms with E-state index in [0.717, 1.165) is 0 Å². The molecule has 0 amide bonds. The Morgan fingerprint density at radius 2 is 0.761 bits per heavy atom. The second-order valence-electron chi connectivity index (χ2n) is 18.1. The molecule has 0 saturated carbocycles. The van der Waals surface area contributed by atoms with Gasteiger partial charge in [-0.1, -0.05) is 194 Å². The molecule has 15 rings (SSSR count). The van der Waals surface area contributed by atoms with Gasteiger partial charge in [-0.25, -0.2) is 0 Å². The largest absolute Gasteiger partial charge is 0.135 e. The van der Waals surface area contributed by atoms with Gasteiger partial charge in [0, 0.05) is 67.5 Å². The third-order valence-corrected chi connectivity index (χ3v) is 18.5. The monoisotopic (exact) mass is 902 g/mol. The molecular formula is C64H38S3. The lowest BCUT2D eigenvalue weighted by molar-refractivity contribution is 0.895. The summed E-state index contributed by atoms with van der Waals surface area (Å²) in [7, 11) is 0. The van der Waals surface area contributed by atoms with Crippen molar-refractivity contribution in [2.45, 2.75) is 16.1 Å². The van der Waals surface area contributed by atoms with Crippen LogP contribution in [0.25, 0.3) is 122 Å². The Balaban J connectivity index is 0.887. The van der Waals surface area contributed by atoms with Gasteiger partial charge in [0.1, 0.15) is 0 Å². The summed E-state index contributed by atoms with van der Waals surface area (Å²) in [5, 5.41) is 16.0. The van der Waals surface area contributed by atoms with Crippen molar-refractivity contribution in [1.82, 2.24) is 0 Å². The molecule has 3 heteroatoms. The summed E-state index contributed by atoms with van der Waals surface area (Å²) in [6.45, 7) is 0. The van der Waals surface area contributed by atoms with Crippen molar-refractivity contribution in [3.63, 3.8) is 0 Å². The van der Waals surface area contributed by atoms with Crippen molar-refractivity contribution >= 4 is 123 Å². The molecule has 2 aromatic heterocycles. The van der Waals surface area contributed by atoms with E-state index in [0.29, 0.717) is 0 Å². The zero-order chi connectivity index (χ0) is 43.7. The highest BCUT2D eigenvalue weighted by atomic mass is 32.2. The van der Waals surface area contributed by atoms with E-state index in [1.807, 2.05) is 34.4 Å². The van der Waals surface area contributed by atoms with Gasteiger partial charge in [-0.2, -0.15) is 0 Å². The van der Waals surface area contributed by atoms with Crippen molar-refractivity contribution in [2.24, 2.45) is 0 Å². The first-order valence-electron chi connectivity index (χ1n) is 23.1. The fraction of sp³-hybridized carbons (Fsp3) is 0.0312. The fourth-order valence-electron chi connectivity index (χ4n) is 11.9. The quantitative estimate of drug-likeness (QED) is 0.159. The van der Waals surface area contributed by atoms with Gasteiger partial charge >= 0.3 is 0 Å². The summed E-state index contributed by atoms with van der Waals surface area (Å²) in [4.78, 5) is 1.37. The molecule has 0 nitrogen and oxygen atoms in total. The number of hydrogen-bond donors (Lipinski definition) is 0. The Labute approximate surface area is 399 Å². The molecule has 3 heterocycles. The van der Waals surface area contributed by atoms with Crippen molar-refractivity contribution in [3.8, 4) is 33.4 Å². The Morgan fingerprint density at radius 1 is 0.343 bits per heavy atom. The van der Waals surface area contributed by atoms with Crippen molar-refractivity contribution < 1.29 is 0 Å². The van der Waals surface area contributed by atoms with Crippen molar-refractivity contribution in [1.29, 1.82) is 0 Å². The van der Waals surface area contributed by atoms with Gasteiger partial charge in [0.2, 0.25) is 0 Å². The minimum absolute atomic E-state index is 0.242. The summed E-state index contributed by atoms with van der Waals surface area (Å²) in [6.07, 6.45) is 7.21. The van der Waals surface area contributed by atoms with Crippen LogP contribution in [-0.2, 0) is 0 Å². The Bertz CT molecular complexity index is 4210. The molecule has 312 valence electrons. The highest BCUT2D eigenvalue weighted by Crippen LogP contribution is 2.57. The van der Waals surface area contributed by atoms with Crippen LogP contribution in [0.5, 0.6) is 0 Å². The number of fused-ring (bicyclic) bond motifs is 13. The lowest BCUT2D eigenvalue weighted by Gasteiger charge is -2.27. The third-order valence-electron chi connectivity index (χ3n) is 14.6. The lowest BCUT2D eigenvalue weighted by Crippen LogP contribution is -2.14. The number of hydrogen-bond acceptors (Lipinski definition) is 3. The van der Waals surface area contributed by atoms with Crippen LogP contribution < -0.4 is 0 Å². The normalized spacial score (nSPS) is 15.7. The van der Waals surface area contributed by atoms with Gasteiger partial charge in [0.15, 0.2) is 0 Å². The van der Waals surface area contributed by atoms with Gasteiger partial charge in [-0.3, -0.25) is 0 Å². The summed E-state index contributed by atoms with van der Waals surface area (Å²) >= 11 is 5.87. The Hall–Kier alpha value is -7.27. The first kappa shape index (κ1) is 37.9. The first-order valence-corrected chi connectivity index (χ1v) is 25.7. The average molecular weight is 903 g/mol. The molecule has 0 saturated heterocycles. The number of thiophene rings is 2. The van der Waals surface area contributed by atoms with Crippen LogP contribution in [-0.4, -0.2) is 5.25 Å². The number of benzene rings is 11. The van der Waals surface area contributed by atoms with Gasteiger partial charge in [-0.05, 0) is 106 Å². The molecule has 13 aromatic rings. The summed E-state index contributed by atoms with van der Waals surface area (Å²) in [5.74, 6) is 0.242. The van der Waals surface area contributed by atoms with Crippen LogP contribution in [0, 0.1) is 0 Å². The van der Waals surface area contributed by atoms with E-state index in [9.17, 15) is 0 Å². The molecule has 2 atom stereocenters. The van der Waals surface area contributed by atoms with E-state index >= 15 is 0 Å². The van der Waals surface area contributed by atoms with E-state index in [-0.39, 0.29) is 11.2 Å². The van der Waals surface area contributed by atoms with Crippen LogP contribution in [0.3, 0.4) is 0 Å². The molecular weight excluding hydrogens is 865 g/mol. The smallest absolute Gasteiger partial charge is 0.0454 e. The van der Waals surface area contributed by atoms with E-state index in [4.69, 9.17) is 0 Å². The minimum Gasteiger partial charge on any atom is -0.135 e. The summed E-state index contributed by atoms with van der Waals surface area (Å²) in [6, 6.07) is 75.4. The molecule has 2 unspecified atom stereocenters. The SMILES string of the molecule is C1=CC2c3cc(-c4c5ccccc5c(-c5cccc6c5sc5ccccc56)c5ccccc45)ccc3SC2C(c2c3ccccc3c(-c3cccc4c3sc3ccccc34)c3ccccc23)=C1. The maximum absolute atomic E-state index is 2.53. The Kier molecular flexibility index (Phi) is 8.27. The molecule has 0 bridgehead atoms. The second-order valence-corrected chi connectivity index (χ2v) is 21.4. The van der Waals surface area contributed by atoms with Crippen LogP contribution in [0.1, 0.15) is 17.0 Å². The third kappa shape index (κ3) is 5.48. The second kappa shape index (κ2) is 14.6. The standard InChI is InChI=1S/C64H38S3/c1-3-20-42-40(18-1)58(41-19-2-4-21-43(41)59(42)51-29-13-26-48-38-16-9-11-32-55(38)65-62(48)51)37-34-35-57-54(36-37)50-28-15-31-53(64(50)67-57)61-46-24-7-5-22-44(46)60(45-23-6-8-25-47(45)61)52-30-14-27-49-39-17-10-12-33-56(39)66-63(49)52/h1-36,50,64H. The highest BCUT2D eigenvalue weighted by Gasteiger charge is 2.38. The molecule has 0 fully saturated rings. The van der Waals surface area contributed by atoms with E-state index in [1.54, 1.807) is 0 Å². The summed E-state index contributed by atoms with van der Waals surface area (Å²) < 4.78 is 5.37. The topological polar surface area (TPSA) is 0 Å². The van der Waals surface area contributed by atoms with Gasteiger partial charge in [-0.15, -0.1) is 34.4 Å². The Morgan fingerprint density at radius 3 is 1.25 bits per heavy atom. The fourth-order valence-corrected chi connectivity index (χ4v) is 15.8.